The van der Waals surface area contributed by atoms with E-state index >= 15 is 0 Å². The van der Waals surface area contributed by atoms with E-state index in [1.54, 1.807) is 0 Å². The molecular formula is C15H16O. The number of rotatable bonds is 4. The van der Waals surface area contributed by atoms with Gasteiger partial charge in [0.2, 0.25) is 0 Å². The fraction of sp³-hybridized carbons (Fsp3) is 0.200. The van der Waals surface area contributed by atoms with Gasteiger partial charge in [-0.25, -0.2) is 0 Å². The van der Waals surface area contributed by atoms with E-state index in [1.165, 1.54) is 12.0 Å². The Bertz CT molecular complexity index is 417. The van der Waals surface area contributed by atoms with Gasteiger partial charge >= 0.3 is 0 Å². The molecule has 1 heteroatoms. The van der Waals surface area contributed by atoms with Gasteiger partial charge < -0.3 is 4.74 Å². The van der Waals surface area contributed by atoms with Crippen molar-refractivity contribution in [1.29, 1.82) is 0 Å². The number of hydrogen-bond donors (Lipinski definition) is 0. The first-order valence-corrected chi connectivity index (χ1v) is 5.70. The van der Waals surface area contributed by atoms with Crippen LogP contribution in [0, 0.1) is 0 Å². The standard InChI is InChI=1S/C15H16O/c1-2-6-13-9-11-15(12-10-13)16-14-7-4-3-5-8-14/h3-5,7-12H,2,6H2,1H3. The molecule has 0 aliphatic carbocycles. The molecule has 0 fully saturated rings. The van der Waals surface area contributed by atoms with Crippen LogP contribution in [0.4, 0.5) is 0 Å². The Kier molecular flexibility index (Phi) is 3.60. The summed E-state index contributed by atoms with van der Waals surface area (Å²) in [7, 11) is 0. The Morgan fingerprint density at radius 3 is 2.06 bits per heavy atom. The maximum Gasteiger partial charge on any atom is 0.127 e. The van der Waals surface area contributed by atoms with E-state index in [-0.39, 0.29) is 0 Å². The highest BCUT2D eigenvalue weighted by molar-refractivity contribution is 5.32. The smallest absolute Gasteiger partial charge is 0.127 e. The fourth-order valence-corrected chi connectivity index (χ4v) is 1.64. The Balaban J connectivity index is 2.05. The van der Waals surface area contributed by atoms with Crippen LogP contribution in [0.15, 0.2) is 54.6 Å². The van der Waals surface area contributed by atoms with Gasteiger partial charge in [0.15, 0.2) is 0 Å². The van der Waals surface area contributed by atoms with Crippen molar-refractivity contribution in [2.45, 2.75) is 19.8 Å². The molecule has 0 radical (unpaired) electrons. The maximum atomic E-state index is 5.71. The van der Waals surface area contributed by atoms with Gasteiger partial charge in [-0.05, 0) is 36.2 Å². The molecule has 0 spiro atoms. The van der Waals surface area contributed by atoms with Gasteiger partial charge in [-0.3, -0.25) is 0 Å². The van der Waals surface area contributed by atoms with Crippen molar-refractivity contribution in [2.24, 2.45) is 0 Å². The van der Waals surface area contributed by atoms with Crippen LogP contribution in [0.2, 0.25) is 0 Å². The van der Waals surface area contributed by atoms with Crippen LogP contribution in [0.25, 0.3) is 0 Å². The number of ether oxygens (including phenoxy) is 1. The molecule has 0 aromatic heterocycles. The van der Waals surface area contributed by atoms with Crippen LogP contribution in [-0.2, 0) is 6.42 Å². The van der Waals surface area contributed by atoms with Crippen molar-refractivity contribution in [3.63, 3.8) is 0 Å². The largest absolute Gasteiger partial charge is 0.457 e. The Hall–Kier alpha value is -1.76. The van der Waals surface area contributed by atoms with Gasteiger partial charge in [0, 0.05) is 0 Å². The second-order valence-corrected chi connectivity index (χ2v) is 3.81. The van der Waals surface area contributed by atoms with E-state index in [0.717, 1.165) is 17.9 Å². The Morgan fingerprint density at radius 1 is 0.812 bits per heavy atom. The van der Waals surface area contributed by atoms with E-state index in [0.29, 0.717) is 0 Å². The van der Waals surface area contributed by atoms with Crippen LogP contribution in [-0.4, -0.2) is 0 Å². The zero-order chi connectivity index (χ0) is 11.2. The predicted molar refractivity (Wildman–Crippen MR) is 67.0 cm³/mol. The minimum Gasteiger partial charge on any atom is -0.457 e. The van der Waals surface area contributed by atoms with Gasteiger partial charge in [0.25, 0.3) is 0 Å². The third-order valence-electron chi connectivity index (χ3n) is 2.44. The van der Waals surface area contributed by atoms with Crippen LogP contribution in [0.3, 0.4) is 0 Å². The van der Waals surface area contributed by atoms with E-state index in [2.05, 4.69) is 19.1 Å². The topological polar surface area (TPSA) is 9.23 Å². The zero-order valence-corrected chi connectivity index (χ0v) is 9.52. The molecule has 0 amide bonds. The lowest BCUT2D eigenvalue weighted by Crippen LogP contribution is -1.85. The Morgan fingerprint density at radius 2 is 1.44 bits per heavy atom. The molecule has 0 aliphatic heterocycles. The number of aryl methyl sites for hydroxylation is 1. The minimum absolute atomic E-state index is 0.880. The fourth-order valence-electron chi connectivity index (χ4n) is 1.64. The molecule has 0 saturated carbocycles. The normalized spacial score (nSPS) is 10.1. The molecule has 0 heterocycles. The van der Waals surface area contributed by atoms with Crippen molar-refractivity contribution in [3.05, 3.63) is 60.2 Å². The highest BCUT2D eigenvalue weighted by Crippen LogP contribution is 2.21. The van der Waals surface area contributed by atoms with Gasteiger partial charge in [-0.2, -0.15) is 0 Å². The molecule has 0 aliphatic rings. The van der Waals surface area contributed by atoms with E-state index in [4.69, 9.17) is 4.74 Å². The number of benzene rings is 2. The average molecular weight is 212 g/mol. The van der Waals surface area contributed by atoms with E-state index < -0.39 is 0 Å². The summed E-state index contributed by atoms with van der Waals surface area (Å²) in [6.45, 7) is 2.19. The van der Waals surface area contributed by atoms with Gasteiger partial charge in [0.05, 0.1) is 0 Å². The molecular weight excluding hydrogens is 196 g/mol. The molecule has 0 bridgehead atoms. The quantitative estimate of drug-likeness (QED) is 0.728. The number of para-hydroxylation sites is 1. The van der Waals surface area contributed by atoms with Crippen LogP contribution in [0.5, 0.6) is 11.5 Å². The minimum atomic E-state index is 0.880. The van der Waals surface area contributed by atoms with Crippen molar-refractivity contribution in [1.82, 2.24) is 0 Å². The van der Waals surface area contributed by atoms with Crippen molar-refractivity contribution < 1.29 is 4.74 Å². The first kappa shape index (κ1) is 10.7. The average Bonchev–Trinajstić information content (AvgIpc) is 2.33. The molecule has 2 aromatic carbocycles. The zero-order valence-electron chi connectivity index (χ0n) is 9.52. The van der Waals surface area contributed by atoms with Gasteiger partial charge in [-0.15, -0.1) is 0 Å². The lowest BCUT2D eigenvalue weighted by molar-refractivity contribution is 0.482. The third-order valence-corrected chi connectivity index (χ3v) is 2.44. The maximum absolute atomic E-state index is 5.71. The first-order valence-electron chi connectivity index (χ1n) is 5.70. The summed E-state index contributed by atoms with van der Waals surface area (Å²) in [6.07, 6.45) is 2.31. The molecule has 0 saturated heterocycles. The van der Waals surface area contributed by atoms with Gasteiger partial charge in [0.1, 0.15) is 11.5 Å². The van der Waals surface area contributed by atoms with E-state index in [9.17, 15) is 0 Å². The molecule has 1 nitrogen and oxygen atoms in total. The van der Waals surface area contributed by atoms with Crippen LogP contribution >= 0.6 is 0 Å². The summed E-state index contributed by atoms with van der Waals surface area (Å²) >= 11 is 0. The summed E-state index contributed by atoms with van der Waals surface area (Å²) in [4.78, 5) is 0. The first-order chi connectivity index (χ1) is 7.88. The number of hydrogen-bond acceptors (Lipinski definition) is 1. The molecule has 82 valence electrons. The molecule has 0 atom stereocenters. The summed E-state index contributed by atoms with van der Waals surface area (Å²) in [5.74, 6) is 1.77. The summed E-state index contributed by atoms with van der Waals surface area (Å²) in [5.41, 5.74) is 1.36. The highest BCUT2D eigenvalue weighted by Gasteiger charge is 1.96. The molecule has 2 aromatic rings. The predicted octanol–water partition coefficient (Wildman–Crippen LogP) is 4.43. The molecule has 2 rings (SSSR count). The molecule has 16 heavy (non-hydrogen) atoms. The van der Waals surface area contributed by atoms with Crippen molar-refractivity contribution >= 4 is 0 Å². The summed E-state index contributed by atoms with van der Waals surface area (Å²) in [5, 5.41) is 0. The summed E-state index contributed by atoms with van der Waals surface area (Å²) < 4.78 is 5.71. The SMILES string of the molecule is CCCc1ccc(Oc2ccccc2)cc1. The van der Waals surface area contributed by atoms with E-state index in [1.807, 2.05) is 42.5 Å². The lowest BCUT2D eigenvalue weighted by Gasteiger charge is -2.06. The molecule has 0 N–H and O–H groups in total. The van der Waals surface area contributed by atoms with Crippen LogP contribution < -0.4 is 4.74 Å². The highest BCUT2D eigenvalue weighted by atomic mass is 16.5. The van der Waals surface area contributed by atoms with Crippen molar-refractivity contribution in [3.8, 4) is 11.5 Å². The Labute approximate surface area is 96.7 Å². The summed E-state index contributed by atoms with van der Waals surface area (Å²) in [6, 6.07) is 18.2. The third kappa shape index (κ3) is 2.86. The second-order valence-electron chi connectivity index (χ2n) is 3.81. The second kappa shape index (κ2) is 5.36. The molecule has 0 unspecified atom stereocenters. The van der Waals surface area contributed by atoms with Crippen molar-refractivity contribution in [2.75, 3.05) is 0 Å². The monoisotopic (exact) mass is 212 g/mol. The van der Waals surface area contributed by atoms with Crippen LogP contribution in [0.1, 0.15) is 18.9 Å². The van der Waals surface area contributed by atoms with Gasteiger partial charge in [-0.1, -0.05) is 43.7 Å². The lowest BCUT2D eigenvalue weighted by atomic mass is 10.1.